The molecule has 2 heteroatoms. The van der Waals surface area contributed by atoms with Gasteiger partial charge in [0, 0.05) is 19.4 Å². The fraction of sp³-hybridized carbons (Fsp3) is 0.893. The van der Waals surface area contributed by atoms with Crippen molar-refractivity contribution in [3.05, 3.63) is 11.6 Å². The SMILES string of the molecule is CCC12CCC3C(CC=C4CC(OC)CCC43C)C1CCC2CCCC(=O)C(C)C. The second-order valence-corrected chi connectivity index (χ2v) is 11.8. The summed E-state index contributed by atoms with van der Waals surface area (Å²) in [6, 6.07) is 0. The van der Waals surface area contributed by atoms with Crippen LogP contribution in [-0.2, 0) is 9.53 Å². The number of rotatable bonds is 7. The Balaban J connectivity index is 1.49. The quantitative estimate of drug-likeness (QED) is 0.407. The van der Waals surface area contributed by atoms with Crippen molar-refractivity contribution in [3.63, 3.8) is 0 Å². The highest BCUT2D eigenvalue weighted by Crippen LogP contribution is 2.67. The first kappa shape index (κ1) is 22.6. The van der Waals surface area contributed by atoms with E-state index < -0.39 is 0 Å². The first-order chi connectivity index (χ1) is 14.4. The number of Topliss-reactive ketones (excluding diaryl/α,β-unsaturated/α-hetero) is 1. The highest BCUT2D eigenvalue weighted by atomic mass is 16.5. The Hall–Kier alpha value is -0.630. The summed E-state index contributed by atoms with van der Waals surface area (Å²) in [7, 11) is 1.89. The molecule has 4 aliphatic rings. The van der Waals surface area contributed by atoms with E-state index in [9.17, 15) is 4.79 Å². The number of hydrogen-bond donors (Lipinski definition) is 0. The molecule has 0 aromatic carbocycles. The number of ketones is 1. The summed E-state index contributed by atoms with van der Waals surface area (Å²) in [5, 5.41) is 0. The lowest BCUT2D eigenvalue weighted by Crippen LogP contribution is -2.51. The molecule has 4 rings (SSSR count). The molecule has 2 nitrogen and oxygen atoms in total. The number of fused-ring (bicyclic) bond motifs is 5. The third-order valence-electron chi connectivity index (χ3n) is 10.6. The largest absolute Gasteiger partial charge is 0.381 e. The van der Waals surface area contributed by atoms with Crippen LogP contribution < -0.4 is 0 Å². The van der Waals surface area contributed by atoms with Crippen molar-refractivity contribution in [1.29, 1.82) is 0 Å². The fourth-order valence-corrected chi connectivity index (χ4v) is 8.72. The molecule has 7 unspecified atom stereocenters. The topological polar surface area (TPSA) is 26.3 Å². The summed E-state index contributed by atoms with van der Waals surface area (Å²) < 4.78 is 5.74. The van der Waals surface area contributed by atoms with Crippen LogP contribution in [0.3, 0.4) is 0 Å². The number of allylic oxidation sites excluding steroid dienone is 1. The Kier molecular flexibility index (Phi) is 6.56. The molecule has 30 heavy (non-hydrogen) atoms. The third-order valence-corrected chi connectivity index (χ3v) is 10.6. The Bertz CT molecular complexity index is 664. The Morgan fingerprint density at radius 3 is 2.67 bits per heavy atom. The van der Waals surface area contributed by atoms with Crippen LogP contribution in [0.25, 0.3) is 0 Å². The van der Waals surface area contributed by atoms with E-state index in [0.717, 1.165) is 36.5 Å². The smallest absolute Gasteiger partial charge is 0.135 e. The minimum Gasteiger partial charge on any atom is -0.381 e. The van der Waals surface area contributed by atoms with E-state index in [1.165, 1.54) is 64.2 Å². The van der Waals surface area contributed by atoms with E-state index in [0.29, 0.717) is 22.7 Å². The Morgan fingerprint density at radius 1 is 1.17 bits per heavy atom. The summed E-state index contributed by atoms with van der Waals surface area (Å²) in [6.45, 7) is 9.17. The molecule has 0 spiro atoms. The van der Waals surface area contributed by atoms with Crippen LogP contribution >= 0.6 is 0 Å². The maximum atomic E-state index is 12.1. The third kappa shape index (κ3) is 3.63. The number of methoxy groups -OCH3 is 1. The molecule has 0 radical (unpaired) electrons. The highest BCUT2D eigenvalue weighted by Gasteiger charge is 2.59. The standard InChI is InChI=1S/C28H46O2/c1-6-28-17-15-24-23(12-10-21-18-22(30-5)14-16-27(21,24)4)25(28)13-11-20(28)8-7-9-26(29)19(2)3/h10,19-20,22-25H,6-9,11-18H2,1-5H3. The van der Waals surface area contributed by atoms with Gasteiger partial charge in [0.1, 0.15) is 5.78 Å². The number of ether oxygens (including phenoxy) is 1. The van der Waals surface area contributed by atoms with E-state index in [2.05, 4.69) is 19.9 Å². The average Bonchev–Trinajstić information content (AvgIpc) is 3.12. The number of carbonyl (C=O) groups is 1. The Labute approximate surface area is 185 Å². The molecule has 0 amide bonds. The average molecular weight is 415 g/mol. The minimum atomic E-state index is 0.203. The van der Waals surface area contributed by atoms with Crippen LogP contribution in [0.4, 0.5) is 0 Å². The molecule has 0 heterocycles. The van der Waals surface area contributed by atoms with E-state index in [1.807, 2.05) is 21.0 Å². The van der Waals surface area contributed by atoms with Gasteiger partial charge in [-0.1, -0.05) is 39.3 Å². The summed E-state index contributed by atoms with van der Waals surface area (Å²) in [5.74, 6) is 4.23. The molecular weight excluding hydrogens is 368 g/mol. The normalized spacial score (nSPS) is 43.0. The molecule has 3 saturated carbocycles. The van der Waals surface area contributed by atoms with Crippen LogP contribution in [-0.4, -0.2) is 19.0 Å². The van der Waals surface area contributed by atoms with Gasteiger partial charge in [-0.3, -0.25) is 4.79 Å². The number of hydrogen-bond acceptors (Lipinski definition) is 2. The summed E-state index contributed by atoms with van der Waals surface area (Å²) in [4.78, 5) is 12.1. The van der Waals surface area contributed by atoms with Crippen LogP contribution in [0.2, 0.25) is 0 Å². The van der Waals surface area contributed by atoms with Crippen LogP contribution in [0.15, 0.2) is 11.6 Å². The van der Waals surface area contributed by atoms with Gasteiger partial charge >= 0.3 is 0 Å². The fourth-order valence-electron chi connectivity index (χ4n) is 8.72. The van der Waals surface area contributed by atoms with Gasteiger partial charge in [-0.15, -0.1) is 0 Å². The summed E-state index contributed by atoms with van der Waals surface area (Å²) in [5.41, 5.74) is 2.72. The zero-order chi connectivity index (χ0) is 21.5. The molecule has 0 aromatic heterocycles. The van der Waals surface area contributed by atoms with Crippen molar-refractivity contribution in [1.82, 2.24) is 0 Å². The van der Waals surface area contributed by atoms with Crippen molar-refractivity contribution in [2.45, 2.75) is 111 Å². The van der Waals surface area contributed by atoms with E-state index in [1.54, 1.807) is 5.57 Å². The first-order valence-electron chi connectivity index (χ1n) is 13.1. The predicted molar refractivity (Wildman–Crippen MR) is 124 cm³/mol. The van der Waals surface area contributed by atoms with Crippen molar-refractivity contribution < 1.29 is 9.53 Å². The van der Waals surface area contributed by atoms with Crippen molar-refractivity contribution in [2.75, 3.05) is 7.11 Å². The Morgan fingerprint density at radius 2 is 1.97 bits per heavy atom. The lowest BCUT2D eigenvalue weighted by atomic mass is 9.46. The van der Waals surface area contributed by atoms with Gasteiger partial charge in [0.15, 0.2) is 0 Å². The first-order valence-corrected chi connectivity index (χ1v) is 13.1. The van der Waals surface area contributed by atoms with Gasteiger partial charge in [0.05, 0.1) is 6.10 Å². The molecule has 0 aliphatic heterocycles. The highest BCUT2D eigenvalue weighted by molar-refractivity contribution is 5.80. The van der Waals surface area contributed by atoms with E-state index >= 15 is 0 Å². The van der Waals surface area contributed by atoms with Gasteiger partial charge in [-0.2, -0.15) is 0 Å². The molecule has 4 aliphatic carbocycles. The van der Waals surface area contributed by atoms with Crippen LogP contribution in [0.5, 0.6) is 0 Å². The zero-order valence-electron chi connectivity index (χ0n) is 20.3. The van der Waals surface area contributed by atoms with E-state index in [-0.39, 0.29) is 5.92 Å². The maximum absolute atomic E-state index is 12.1. The lowest BCUT2D eigenvalue weighted by Gasteiger charge is -2.59. The minimum absolute atomic E-state index is 0.203. The molecule has 0 saturated heterocycles. The molecule has 0 aromatic rings. The van der Waals surface area contributed by atoms with Gasteiger partial charge in [-0.25, -0.2) is 0 Å². The molecular formula is C28H46O2. The van der Waals surface area contributed by atoms with Gasteiger partial charge in [0.2, 0.25) is 0 Å². The van der Waals surface area contributed by atoms with Crippen molar-refractivity contribution in [3.8, 4) is 0 Å². The monoisotopic (exact) mass is 414 g/mol. The molecule has 170 valence electrons. The number of carbonyl (C=O) groups excluding carboxylic acids is 1. The molecule has 0 N–H and O–H groups in total. The summed E-state index contributed by atoms with van der Waals surface area (Å²) in [6.07, 6.45) is 18.4. The zero-order valence-corrected chi connectivity index (χ0v) is 20.3. The predicted octanol–water partition coefficient (Wildman–Crippen LogP) is 7.37. The van der Waals surface area contributed by atoms with Crippen molar-refractivity contribution in [2.24, 2.45) is 40.4 Å². The molecule has 7 atom stereocenters. The van der Waals surface area contributed by atoms with Gasteiger partial charge in [-0.05, 0) is 105 Å². The maximum Gasteiger partial charge on any atom is 0.135 e. The molecule has 3 fully saturated rings. The summed E-state index contributed by atoms with van der Waals surface area (Å²) >= 11 is 0. The van der Waals surface area contributed by atoms with E-state index in [4.69, 9.17) is 4.74 Å². The van der Waals surface area contributed by atoms with Gasteiger partial charge in [0.25, 0.3) is 0 Å². The van der Waals surface area contributed by atoms with Gasteiger partial charge < -0.3 is 4.74 Å². The molecule has 0 bridgehead atoms. The lowest BCUT2D eigenvalue weighted by molar-refractivity contribution is -0.122. The second kappa shape index (κ2) is 8.72. The second-order valence-electron chi connectivity index (χ2n) is 11.8. The van der Waals surface area contributed by atoms with Crippen molar-refractivity contribution >= 4 is 5.78 Å². The van der Waals surface area contributed by atoms with Crippen LogP contribution in [0, 0.1) is 40.4 Å². The van der Waals surface area contributed by atoms with Crippen LogP contribution in [0.1, 0.15) is 105 Å².